The molecule has 1 aliphatic rings. The molecule has 0 spiro atoms. The fourth-order valence-corrected chi connectivity index (χ4v) is 4.33. The zero-order valence-corrected chi connectivity index (χ0v) is 17.8. The average molecular weight is 432 g/mol. The van der Waals surface area contributed by atoms with Gasteiger partial charge in [-0.3, -0.25) is 5.10 Å². The van der Waals surface area contributed by atoms with E-state index in [1.54, 1.807) is 6.07 Å². The first-order valence-corrected chi connectivity index (χ1v) is 11.7. The number of rotatable bonds is 4. The van der Waals surface area contributed by atoms with Crippen molar-refractivity contribution in [3.05, 3.63) is 47.2 Å². The molecule has 0 aliphatic carbocycles. The average Bonchev–Trinajstić information content (AvgIpc) is 3.13. The van der Waals surface area contributed by atoms with Gasteiger partial charge in [-0.1, -0.05) is 23.7 Å². The van der Waals surface area contributed by atoms with Crippen LogP contribution in [-0.4, -0.2) is 59.9 Å². The zero-order chi connectivity index (χ0) is 20.6. The van der Waals surface area contributed by atoms with E-state index in [0.29, 0.717) is 16.6 Å². The van der Waals surface area contributed by atoms with Crippen LogP contribution >= 0.6 is 11.6 Å². The van der Waals surface area contributed by atoms with E-state index in [9.17, 15) is 8.42 Å². The first kappa shape index (κ1) is 20.0. The van der Waals surface area contributed by atoms with E-state index in [1.807, 2.05) is 24.3 Å². The molecule has 1 N–H and O–H groups in total. The molecule has 1 aliphatic heterocycles. The third kappa shape index (κ3) is 4.19. The lowest BCUT2D eigenvalue weighted by Crippen LogP contribution is -2.29. The maximum absolute atomic E-state index is 12.0. The summed E-state index contributed by atoms with van der Waals surface area (Å²) >= 11 is 6.05. The van der Waals surface area contributed by atoms with Crippen molar-refractivity contribution in [1.29, 1.82) is 0 Å². The summed E-state index contributed by atoms with van der Waals surface area (Å²) in [5.41, 5.74) is 3.98. The quantitative estimate of drug-likeness (QED) is 0.636. The highest BCUT2D eigenvalue weighted by atomic mass is 35.5. The summed E-state index contributed by atoms with van der Waals surface area (Å²) in [7, 11) is -1.40. The highest BCUT2D eigenvalue weighted by Gasteiger charge is 2.27. The number of nitrogens with one attached hydrogen (secondary N) is 1. The molecule has 0 amide bonds. The van der Waals surface area contributed by atoms with Gasteiger partial charge < -0.3 is 4.90 Å². The van der Waals surface area contributed by atoms with Crippen LogP contribution in [-0.2, 0) is 9.84 Å². The Kier molecular flexibility index (Phi) is 5.42. The van der Waals surface area contributed by atoms with Gasteiger partial charge in [0.2, 0.25) is 15.0 Å². The van der Waals surface area contributed by atoms with E-state index < -0.39 is 9.84 Å². The number of sulfone groups is 1. The van der Waals surface area contributed by atoms with Gasteiger partial charge in [0.05, 0.1) is 5.69 Å². The van der Waals surface area contributed by atoms with E-state index in [4.69, 9.17) is 11.6 Å². The van der Waals surface area contributed by atoms with Gasteiger partial charge in [0, 0.05) is 40.2 Å². The van der Waals surface area contributed by atoms with Gasteiger partial charge in [0.25, 0.3) is 0 Å². The third-order valence-corrected chi connectivity index (χ3v) is 6.37. The lowest BCUT2D eigenvalue weighted by atomic mass is 9.89. The Morgan fingerprint density at radius 1 is 1.14 bits per heavy atom. The predicted molar refractivity (Wildman–Crippen MR) is 113 cm³/mol. The Hall–Kier alpha value is -2.29. The van der Waals surface area contributed by atoms with Gasteiger partial charge >= 0.3 is 0 Å². The number of hydrogen-bond donors (Lipinski definition) is 1. The molecule has 7 nitrogen and oxygen atoms in total. The Morgan fingerprint density at radius 2 is 1.83 bits per heavy atom. The molecule has 1 fully saturated rings. The van der Waals surface area contributed by atoms with Crippen LogP contribution in [0, 0.1) is 0 Å². The van der Waals surface area contributed by atoms with Crippen molar-refractivity contribution < 1.29 is 8.42 Å². The number of nitrogens with zero attached hydrogens (tertiary/aromatic N) is 4. The zero-order valence-electron chi connectivity index (χ0n) is 16.3. The maximum Gasteiger partial charge on any atom is 0.247 e. The van der Waals surface area contributed by atoms with Crippen molar-refractivity contribution in [2.75, 3.05) is 26.4 Å². The van der Waals surface area contributed by atoms with Gasteiger partial charge in [0.15, 0.2) is 0 Å². The van der Waals surface area contributed by atoms with Crippen LogP contribution in [0.4, 0.5) is 0 Å². The SMILES string of the molecule is CN1CCC(c2[nH]nc(-c3ccc(Cl)cc3)c2-c2ccnc(S(C)(=O)=O)n2)CC1. The summed E-state index contributed by atoms with van der Waals surface area (Å²) in [5, 5.41) is 8.26. The van der Waals surface area contributed by atoms with Crippen LogP contribution in [0.25, 0.3) is 22.5 Å². The van der Waals surface area contributed by atoms with Crippen molar-refractivity contribution in [1.82, 2.24) is 25.1 Å². The molecular weight excluding hydrogens is 410 g/mol. The minimum Gasteiger partial charge on any atom is -0.306 e. The van der Waals surface area contributed by atoms with Crippen LogP contribution < -0.4 is 0 Å². The van der Waals surface area contributed by atoms with Crippen LogP contribution in [0.5, 0.6) is 0 Å². The standard InChI is InChI=1S/C20H22ClN5O2S/c1-26-11-8-14(9-12-26)19-17(16-7-10-22-20(23-16)29(2,27)28)18(24-25-19)13-3-5-15(21)6-4-13/h3-7,10,14H,8-9,11-12H2,1-2H3,(H,24,25). The lowest BCUT2D eigenvalue weighted by Gasteiger charge is -2.28. The number of likely N-dealkylation sites (tertiary alicyclic amines) is 1. The number of H-pyrrole nitrogens is 1. The summed E-state index contributed by atoms with van der Waals surface area (Å²) in [6, 6.07) is 9.16. The minimum absolute atomic E-state index is 0.187. The van der Waals surface area contributed by atoms with Crippen molar-refractivity contribution in [3.63, 3.8) is 0 Å². The second kappa shape index (κ2) is 7.85. The number of aromatic amines is 1. The van der Waals surface area contributed by atoms with Gasteiger partial charge in [-0.25, -0.2) is 18.4 Å². The molecule has 0 atom stereocenters. The minimum atomic E-state index is -3.52. The van der Waals surface area contributed by atoms with Crippen molar-refractivity contribution in [2.45, 2.75) is 23.9 Å². The number of piperidine rings is 1. The van der Waals surface area contributed by atoms with Crippen LogP contribution in [0.1, 0.15) is 24.5 Å². The molecule has 0 radical (unpaired) electrons. The molecule has 2 aromatic heterocycles. The molecule has 1 saturated heterocycles. The van der Waals surface area contributed by atoms with Crippen LogP contribution in [0.3, 0.4) is 0 Å². The molecule has 3 heterocycles. The summed E-state index contributed by atoms with van der Waals surface area (Å²) < 4.78 is 24.0. The van der Waals surface area contributed by atoms with Gasteiger partial charge in [-0.2, -0.15) is 5.10 Å². The fraction of sp³-hybridized carbons (Fsp3) is 0.350. The lowest BCUT2D eigenvalue weighted by molar-refractivity contribution is 0.253. The highest BCUT2D eigenvalue weighted by Crippen LogP contribution is 2.39. The van der Waals surface area contributed by atoms with Crippen molar-refractivity contribution in [3.8, 4) is 22.5 Å². The van der Waals surface area contributed by atoms with Crippen molar-refractivity contribution in [2.24, 2.45) is 0 Å². The first-order valence-electron chi connectivity index (χ1n) is 9.39. The Labute approximate surface area is 175 Å². The largest absolute Gasteiger partial charge is 0.306 e. The van der Waals surface area contributed by atoms with Crippen LogP contribution in [0.2, 0.25) is 5.02 Å². The normalized spacial score (nSPS) is 16.2. The smallest absolute Gasteiger partial charge is 0.247 e. The topological polar surface area (TPSA) is 91.8 Å². The number of benzene rings is 1. The monoisotopic (exact) mass is 431 g/mol. The molecule has 1 aromatic carbocycles. The van der Waals surface area contributed by atoms with Crippen LogP contribution in [0.15, 0.2) is 41.7 Å². The Bertz CT molecular complexity index is 1120. The molecular formula is C20H22ClN5O2S. The molecule has 4 rings (SSSR count). The third-order valence-electron chi connectivity index (χ3n) is 5.26. The molecule has 0 saturated carbocycles. The Morgan fingerprint density at radius 3 is 2.48 bits per heavy atom. The fourth-order valence-electron chi connectivity index (χ4n) is 3.68. The number of halogens is 1. The van der Waals surface area contributed by atoms with E-state index in [-0.39, 0.29) is 5.16 Å². The van der Waals surface area contributed by atoms with E-state index >= 15 is 0 Å². The van der Waals surface area contributed by atoms with Gasteiger partial charge in [0.1, 0.15) is 5.69 Å². The summed E-state index contributed by atoms with van der Waals surface area (Å²) in [4.78, 5) is 10.6. The van der Waals surface area contributed by atoms with Crippen molar-refractivity contribution >= 4 is 21.4 Å². The Balaban J connectivity index is 1.87. The highest BCUT2D eigenvalue weighted by molar-refractivity contribution is 7.90. The number of hydrogen-bond acceptors (Lipinski definition) is 6. The summed E-state index contributed by atoms with van der Waals surface area (Å²) in [6.45, 7) is 2.00. The molecule has 3 aromatic rings. The summed E-state index contributed by atoms with van der Waals surface area (Å²) in [5.74, 6) is 0.298. The molecule has 9 heteroatoms. The second-order valence-electron chi connectivity index (χ2n) is 7.44. The predicted octanol–water partition coefficient (Wildman–Crippen LogP) is 3.40. The van der Waals surface area contributed by atoms with Gasteiger partial charge in [-0.15, -0.1) is 0 Å². The number of aromatic nitrogens is 4. The maximum atomic E-state index is 12.0. The summed E-state index contributed by atoms with van der Waals surface area (Å²) in [6.07, 6.45) is 4.58. The molecule has 152 valence electrons. The van der Waals surface area contributed by atoms with Gasteiger partial charge in [-0.05, 0) is 51.2 Å². The first-order chi connectivity index (χ1) is 13.8. The molecule has 0 unspecified atom stereocenters. The second-order valence-corrected chi connectivity index (χ2v) is 9.79. The molecule has 29 heavy (non-hydrogen) atoms. The molecule has 0 bridgehead atoms. The van der Waals surface area contributed by atoms with E-state index in [2.05, 4.69) is 32.1 Å². The van der Waals surface area contributed by atoms with E-state index in [0.717, 1.165) is 54.7 Å². The van der Waals surface area contributed by atoms with E-state index in [1.165, 1.54) is 6.20 Å².